The summed E-state index contributed by atoms with van der Waals surface area (Å²) in [4.78, 5) is 16.8. The first-order chi connectivity index (χ1) is 10.7. The minimum atomic E-state index is -0.198. The van der Waals surface area contributed by atoms with Crippen LogP contribution < -0.4 is 11.1 Å². The van der Waals surface area contributed by atoms with E-state index in [0.29, 0.717) is 29.3 Å². The Morgan fingerprint density at radius 1 is 1.33 bits per heavy atom. The van der Waals surface area contributed by atoms with Crippen LogP contribution in [0, 0.1) is 12.8 Å². The molecule has 7 heteroatoms. The fourth-order valence-electron chi connectivity index (χ4n) is 3.28. The first-order valence-corrected chi connectivity index (χ1v) is 8.05. The number of hydrogen-bond acceptors (Lipinski definition) is 4. The Balaban J connectivity index is 0.00000144. The third-order valence-corrected chi connectivity index (χ3v) is 4.53. The van der Waals surface area contributed by atoms with Gasteiger partial charge in [0.2, 0.25) is 0 Å². The quantitative estimate of drug-likeness (QED) is 0.857. The molecule has 2 aromatic heterocycles. The summed E-state index contributed by atoms with van der Waals surface area (Å²) in [5.41, 5.74) is 8.12. The number of nitrogens with zero attached hydrogens (tertiary/aromatic N) is 1. The van der Waals surface area contributed by atoms with E-state index in [4.69, 9.17) is 10.2 Å². The van der Waals surface area contributed by atoms with Gasteiger partial charge in [-0.1, -0.05) is 19.3 Å². The molecule has 5 nitrogen and oxygen atoms in total. The minimum Gasteiger partial charge on any atom is -0.449 e. The molecule has 0 aromatic carbocycles. The monoisotopic (exact) mass is 373 g/mol. The standard InChI is InChI=1S/C17H23N3O2.2ClH/c1-11-7-8-15-13(19-11)9-16(22-15)17(21)20-14(10-18)12-5-3-2-4-6-12;;/h7-9,12,14H,2-6,10,18H2,1H3,(H,20,21);2*1H. The van der Waals surface area contributed by atoms with E-state index in [2.05, 4.69) is 10.3 Å². The third-order valence-electron chi connectivity index (χ3n) is 4.53. The average Bonchev–Trinajstić information content (AvgIpc) is 2.96. The predicted octanol–water partition coefficient (Wildman–Crippen LogP) is 3.62. The van der Waals surface area contributed by atoms with Gasteiger partial charge in [0, 0.05) is 24.3 Å². The van der Waals surface area contributed by atoms with Gasteiger partial charge < -0.3 is 15.5 Å². The topological polar surface area (TPSA) is 81.2 Å². The number of halogens is 2. The second-order valence-corrected chi connectivity index (χ2v) is 6.16. The highest BCUT2D eigenvalue weighted by Gasteiger charge is 2.25. The molecule has 1 amide bonds. The van der Waals surface area contributed by atoms with Crippen molar-refractivity contribution in [1.29, 1.82) is 0 Å². The first-order valence-electron chi connectivity index (χ1n) is 8.05. The van der Waals surface area contributed by atoms with E-state index in [9.17, 15) is 4.79 Å². The second kappa shape index (κ2) is 9.25. The van der Waals surface area contributed by atoms with Crippen molar-refractivity contribution in [2.45, 2.75) is 45.1 Å². The zero-order valence-corrected chi connectivity index (χ0v) is 15.4. The minimum absolute atomic E-state index is 0. The summed E-state index contributed by atoms with van der Waals surface area (Å²) >= 11 is 0. The van der Waals surface area contributed by atoms with Crippen LogP contribution in [-0.4, -0.2) is 23.5 Å². The van der Waals surface area contributed by atoms with Crippen LogP contribution in [0.4, 0.5) is 0 Å². The van der Waals surface area contributed by atoms with Gasteiger partial charge in [0.25, 0.3) is 5.91 Å². The summed E-state index contributed by atoms with van der Waals surface area (Å²) in [7, 11) is 0. The van der Waals surface area contributed by atoms with Gasteiger partial charge in [-0.25, -0.2) is 4.98 Å². The third kappa shape index (κ3) is 4.62. The highest BCUT2D eigenvalue weighted by molar-refractivity contribution is 5.95. The highest BCUT2D eigenvalue weighted by Crippen LogP contribution is 2.26. The Labute approximate surface area is 154 Å². The van der Waals surface area contributed by atoms with Gasteiger partial charge >= 0.3 is 0 Å². The number of carbonyl (C=O) groups is 1. The molecule has 2 aromatic rings. The largest absolute Gasteiger partial charge is 0.449 e. The fourth-order valence-corrected chi connectivity index (χ4v) is 3.28. The summed E-state index contributed by atoms with van der Waals surface area (Å²) in [6.45, 7) is 2.38. The molecule has 1 aliphatic carbocycles. The van der Waals surface area contributed by atoms with Crippen molar-refractivity contribution in [2.24, 2.45) is 11.7 Å². The van der Waals surface area contributed by atoms with Gasteiger partial charge in [0.05, 0.1) is 0 Å². The van der Waals surface area contributed by atoms with Crippen LogP contribution >= 0.6 is 24.8 Å². The number of aryl methyl sites for hydroxylation is 1. The first kappa shape index (κ1) is 20.7. The van der Waals surface area contributed by atoms with Crippen molar-refractivity contribution < 1.29 is 9.21 Å². The Kier molecular flexibility index (Phi) is 8.00. The molecule has 2 heterocycles. The van der Waals surface area contributed by atoms with Gasteiger partial charge in [-0.2, -0.15) is 0 Å². The van der Waals surface area contributed by atoms with E-state index in [1.165, 1.54) is 19.3 Å². The normalized spacial score (nSPS) is 16.1. The van der Waals surface area contributed by atoms with Crippen LogP contribution in [0.2, 0.25) is 0 Å². The van der Waals surface area contributed by atoms with Crippen molar-refractivity contribution in [3.8, 4) is 0 Å². The average molecular weight is 374 g/mol. The zero-order chi connectivity index (χ0) is 15.5. The Morgan fingerprint density at radius 3 is 2.71 bits per heavy atom. The number of carbonyl (C=O) groups excluding carboxylic acids is 1. The van der Waals surface area contributed by atoms with Crippen LogP contribution in [0.5, 0.6) is 0 Å². The van der Waals surface area contributed by atoms with E-state index >= 15 is 0 Å². The SMILES string of the molecule is Cc1ccc2oc(C(=O)NC(CN)C3CCCCC3)cc2n1.Cl.Cl. The number of rotatable bonds is 4. The van der Waals surface area contributed by atoms with Gasteiger partial charge in [0.1, 0.15) is 5.52 Å². The molecule has 0 radical (unpaired) electrons. The molecular formula is C17H25Cl2N3O2. The predicted molar refractivity (Wildman–Crippen MR) is 100 cm³/mol. The molecule has 3 rings (SSSR count). The molecule has 24 heavy (non-hydrogen) atoms. The Hall–Kier alpha value is -1.30. The summed E-state index contributed by atoms with van der Waals surface area (Å²) in [5.74, 6) is 0.589. The molecular weight excluding hydrogens is 349 g/mol. The number of nitrogens with one attached hydrogen (secondary N) is 1. The Bertz CT molecular complexity index is 669. The number of hydrogen-bond donors (Lipinski definition) is 2. The lowest BCUT2D eigenvalue weighted by molar-refractivity contribution is 0.0889. The van der Waals surface area contributed by atoms with Crippen molar-refractivity contribution in [1.82, 2.24) is 10.3 Å². The van der Waals surface area contributed by atoms with E-state index in [1.807, 2.05) is 19.1 Å². The second-order valence-electron chi connectivity index (χ2n) is 6.16. The summed E-state index contributed by atoms with van der Waals surface area (Å²) < 4.78 is 5.60. The molecule has 0 bridgehead atoms. The smallest absolute Gasteiger partial charge is 0.287 e. The number of fused-ring (bicyclic) bond motifs is 1. The maximum Gasteiger partial charge on any atom is 0.287 e. The molecule has 0 aliphatic heterocycles. The van der Waals surface area contributed by atoms with E-state index in [1.54, 1.807) is 6.07 Å². The fraction of sp³-hybridized carbons (Fsp3) is 0.529. The van der Waals surface area contributed by atoms with E-state index < -0.39 is 0 Å². The Morgan fingerprint density at radius 2 is 2.04 bits per heavy atom. The van der Waals surface area contributed by atoms with Crippen molar-refractivity contribution >= 4 is 41.8 Å². The molecule has 1 saturated carbocycles. The van der Waals surface area contributed by atoms with Crippen molar-refractivity contribution in [3.63, 3.8) is 0 Å². The molecule has 0 saturated heterocycles. The molecule has 1 fully saturated rings. The summed E-state index contributed by atoms with van der Waals surface area (Å²) in [5, 5.41) is 3.04. The van der Waals surface area contributed by atoms with Gasteiger partial charge in [-0.15, -0.1) is 24.8 Å². The number of nitrogens with two attached hydrogens (primary N) is 1. The maximum atomic E-state index is 12.4. The van der Waals surface area contributed by atoms with E-state index in [0.717, 1.165) is 18.5 Å². The van der Waals surface area contributed by atoms with Crippen LogP contribution in [0.1, 0.15) is 48.4 Å². The zero-order valence-electron chi connectivity index (χ0n) is 13.8. The molecule has 1 aliphatic rings. The number of pyridine rings is 1. The van der Waals surface area contributed by atoms with Gasteiger partial charge in [-0.05, 0) is 37.8 Å². The van der Waals surface area contributed by atoms with Crippen LogP contribution in [0.25, 0.3) is 11.1 Å². The molecule has 134 valence electrons. The van der Waals surface area contributed by atoms with Crippen LogP contribution in [0.15, 0.2) is 22.6 Å². The van der Waals surface area contributed by atoms with Gasteiger partial charge in [0.15, 0.2) is 11.3 Å². The lowest BCUT2D eigenvalue weighted by Gasteiger charge is -2.29. The summed E-state index contributed by atoms with van der Waals surface area (Å²) in [6.07, 6.45) is 6.03. The summed E-state index contributed by atoms with van der Waals surface area (Å²) in [6, 6.07) is 5.44. The number of furan rings is 1. The van der Waals surface area contributed by atoms with Crippen LogP contribution in [-0.2, 0) is 0 Å². The maximum absolute atomic E-state index is 12.4. The molecule has 0 spiro atoms. The molecule has 1 unspecified atom stereocenters. The van der Waals surface area contributed by atoms with E-state index in [-0.39, 0.29) is 36.8 Å². The number of aromatic nitrogens is 1. The van der Waals surface area contributed by atoms with Crippen molar-refractivity contribution in [3.05, 3.63) is 29.7 Å². The molecule has 3 N–H and O–H groups in total. The van der Waals surface area contributed by atoms with Crippen molar-refractivity contribution in [2.75, 3.05) is 6.54 Å². The van der Waals surface area contributed by atoms with Crippen LogP contribution in [0.3, 0.4) is 0 Å². The highest BCUT2D eigenvalue weighted by atomic mass is 35.5. The molecule has 1 atom stereocenters. The number of amides is 1. The lowest BCUT2D eigenvalue weighted by Crippen LogP contribution is -2.45. The lowest BCUT2D eigenvalue weighted by atomic mass is 9.84. The van der Waals surface area contributed by atoms with Gasteiger partial charge in [-0.3, -0.25) is 4.79 Å².